The molecule has 0 bridgehead atoms. The Morgan fingerprint density at radius 1 is 1.56 bits per heavy atom. The molecular weight excluding hydrogens is 270 g/mol. The van der Waals surface area contributed by atoms with Crippen molar-refractivity contribution in [2.45, 2.75) is 24.6 Å². The highest BCUT2D eigenvalue weighted by molar-refractivity contribution is 9.10. The smallest absolute Gasteiger partial charge is 0.237 e. The van der Waals surface area contributed by atoms with Crippen LogP contribution in [-0.2, 0) is 11.2 Å². The molecule has 0 aliphatic carbocycles. The van der Waals surface area contributed by atoms with E-state index in [2.05, 4.69) is 21.2 Å². The fraction of sp³-hybridized carbons (Fsp3) is 0.417. The normalized spacial score (nSPS) is 12.2. The molecule has 0 aliphatic rings. The van der Waals surface area contributed by atoms with E-state index in [0.29, 0.717) is 0 Å². The summed E-state index contributed by atoms with van der Waals surface area (Å²) in [6.45, 7) is 1.97. The molecule has 4 heteroatoms. The molecule has 16 heavy (non-hydrogen) atoms. The molecule has 1 aromatic carbocycles. The second-order valence-corrected chi connectivity index (χ2v) is 5.01. The third-order valence-corrected chi connectivity index (χ3v) is 2.60. The summed E-state index contributed by atoms with van der Waals surface area (Å²) in [6.07, 6.45) is 1.57. The number of carbonyl (C=O) groups is 1. The van der Waals surface area contributed by atoms with Gasteiger partial charge in [0, 0.05) is 12.3 Å². The van der Waals surface area contributed by atoms with E-state index in [-0.39, 0.29) is 17.3 Å². The number of hydrogen-bond donors (Lipinski definition) is 2. The van der Waals surface area contributed by atoms with Crippen LogP contribution < -0.4 is 5.32 Å². The number of nitrogens with one attached hydrogen (secondary N) is 1. The highest BCUT2D eigenvalue weighted by Gasteiger charge is 2.08. The Kier molecular flexibility index (Phi) is 5.49. The Labute approximate surface area is 104 Å². The molecule has 2 N–H and O–H groups in total. The lowest BCUT2D eigenvalue weighted by atomic mass is 10.1. The Bertz CT molecular complexity index is 353. The molecule has 3 nitrogen and oxygen atoms in total. The van der Waals surface area contributed by atoms with Crippen LogP contribution in [0.25, 0.3) is 0 Å². The zero-order chi connectivity index (χ0) is 12.0. The van der Waals surface area contributed by atoms with E-state index in [9.17, 15) is 4.79 Å². The Morgan fingerprint density at radius 3 is 2.94 bits per heavy atom. The maximum Gasteiger partial charge on any atom is 0.237 e. The number of amides is 1. The minimum atomic E-state index is -0.200. The highest BCUT2D eigenvalue weighted by Crippen LogP contribution is 2.13. The Balaban J connectivity index is 2.63. The minimum absolute atomic E-state index is 0.0562. The van der Waals surface area contributed by atoms with Gasteiger partial charge in [0.25, 0.3) is 0 Å². The quantitative estimate of drug-likeness (QED) is 0.816. The van der Waals surface area contributed by atoms with E-state index in [1.807, 2.05) is 24.3 Å². The lowest BCUT2D eigenvalue weighted by Gasteiger charge is -2.08. The first-order valence-electron chi connectivity index (χ1n) is 5.28. The van der Waals surface area contributed by atoms with Gasteiger partial charge >= 0.3 is 0 Å². The fourth-order valence-electron chi connectivity index (χ4n) is 1.33. The number of rotatable bonds is 5. The third kappa shape index (κ3) is 4.33. The van der Waals surface area contributed by atoms with E-state index in [1.165, 1.54) is 0 Å². The van der Waals surface area contributed by atoms with Crippen molar-refractivity contribution in [3.05, 3.63) is 29.8 Å². The van der Waals surface area contributed by atoms with Crippen LogP contribution in [0.15, 0.2) is 24.3 Å². The van der Waals surface area contributed by atoms with Gasteiger partial charge in [0.05, 0.1) is 4.83 Å². The van der Waals surface area contributed by atoms with Gasteiger partial charge in [-0.2, -0.15) is 0 Å². The number of alkyl halides is 1. The molecule has 0 spiro atoms. The maximum absolute atomic E-state index is 11.4. The summed E-state index contributed by atoms with van der Waals surface area (Å²) in [5, 5.41) is 11.5. The summed E-state index contributed by atoms with van der Waals surface area (Å²) in [7, 11) is 0. The number of carbonyl (C=O) groups excluding carboxylic acids is 1. The van der Waals surface area contributed by atoms with Crippen LogP contribution in [0, 0.1) is 0 Å². The molecule has 0 aliphatic heterocycles. The maximum atomic E-state index is 11.4. The van der Waals surface area contributed by atoms with Crippen LogP contribution in [0.2, 0.25) is 0 Å². The first-order chi connectivity index (χ1) is 7.63. The summed E-state index contributed by atoms with van der Waals surface area (Å²) in [6, 6.07) is 7.68. The zero-order valence-corrected chi connectivity index (χ0v) is 10.8. The van der Waals surface area contributed by atoms with E-state index < -0.39 is 0 Å². The molecule has 1 unspecified atom stereocenters. The number of anilines is 1. The van der Waals surface area contributed by atoms with Crippen molar-refractivity contribution in [3.63, 3.8) is 0 Å². The van der Waals surface area contributed by atoms with Gasteiger partial charge in [-0.3, -0.25) is 4.79 Å². The van der Waals surface area contributed by atoms with Crippen LogP contribution in [0.4, 0.5) is 5.69 Å². The number of halogens is 1. The first kappa shape index (κ1) is 13.2. The molecule has 0 aromatic heterocycles. The minimum Gasteiger partial charge on any atom is -0.396 e. The molecule has 1 rings (SSSR count). The molecule has 1 amide bonds. The van der Waals surface area contributed by atoms with Gasteiger partial charge in [0.2, 0.25) is 5.91 Å². The van der Waals surface area contributed by atoms with Crippen molar-refractivity contribution in [2.24, 2.45) is 0 Å². The van der Waals surface area contributed by atoms with E-state index in [0.717, 1.165) is 24.1 Å². The van der Waals surface area contributed by atoms with Crippen molar-refractivity contribution < 1.29 is 9.90 Å². The number of aliphatic hydroxyl groups excluding tert-OH is 1. The number of benzene rings is 1. The molecular formula is C12H16BrNO2. The Hall–Kier alpha value is -0.870. The second-order valence-electron chi connectivity index (χ2n) is 3.63. The van der Waals surface area contributed by atoms with Crippen LogP contribution in [-0.4, -0.2) is 22.4 Å². The van der Waals surface area contributed by atoms with Crippen molar-refractivity contribution in [3.8, 4) is 0 Å². The van der Waals surface area contributed by atoms with Crippen LogP contribution >= 0.6 is 15.9 Å². The molecule has 1 aromatic rings. The molecule has 0 fully saturated rings. The van der Waals surface area contributed by atoms with Gasteiger partial charge in [-0.1, -0.05) is 28.1 Å². The van der Waals surface area contributed by atoms with Crippen molar-refractivity contribution in [1.82, 2.24) is 0 Å². The zero-order valence-electron chi connectivity index (χ0n) is 9.24. The molecule has 88 valence electrons. The topological polar surface area (TPSA) is 49.3 Å². The van der Waals surface area contributed by atoms with Gasteiger partial charge in [0.1, 0.15) is 0 Å². The summed E-state index contributed by atoms with van der Waals surface area (Å²) in [4.78, 5) is 11.2. The number of aliphatic hydroxyl groups is 1. The average molecular weight is 286 g/mol. The third-order valence-electron chi connectivity index (χ3n) is 2.18. The second kappa shape index (κ2) is 6.66. The van der Waals surface area contributed by atoms with Crippen LogP contribution in [0.1, 0.15) is 18.9 Å². The lowest BCUT2D eigenvalue weighted by Crippen LogP contribution is -2.19. The summed E-state index contributed by atoms with van der Waals surface area (Å²) in [5.74, 6) is -0.0562. The first-order valence-corrected chi connectivity index (χ1v) is 6.20. The summed E-state index contributed by atoms with van der Waals surface area (Å²) >= 11 is 3.21. The van der Waals surface area contributed by atoms with Gasteiger partial charge in [-0.25, -0.2) is 0 Å². The largest absolute Gasteiger partial charge is 0.396 e. The fourth-order valence-corrected chi connectivity index (χ4v) is 1.44. The number of aryl methyl sites for hydroxylation is 1. The molecule has 0 saturated carbocycles. The molecule has 1 atom stereocenters. The van der Waals surface area contributed by atoms with Crippen molar-refractivity contribution >= 4 is 27.5 Å². The monoisotopic (exact) mass is 285 g/mol. The van der Waals surface area contributed by atoms with Gasteiger partial charge in [-0.05, 0) is 37.5 Å². The average Bonchev–Trinajstić information content (AvgIpc) is 2.26. The predicted molar refractivity (Wildman–Crippen MR) is 68.9 cm³/mol. The van der Waals surface area contributed by atoms with Crippen LogP contribution in [0.5, 0.6) is 0 Å². The van der Waals surface area contributed by atoms with Gasteiger partial charge in [0.15, 0.2) is 0 Å². The van der Waals surface area contributed by atoms with Gasteiger partial charge in [-0.15, -0.1) is 0 Å². The number of hydrogen-bond acceptors (Lipinski definition) is 2. The van der Waals surface area contributed by atoms with E-state index in [1.54, 1.807) is 6.92 Å². The van der Waals surface area contributed by atoms with E-state index in [4.69, 9.17) is 5.11 Å². The van der Waals surface area contributed by atoms with E-state index >= 15 is 0 Å². The SMILES string of the molecule is CC(Br)C(=O)Nc1cccc(CCCO)c1. The molecule has 0 heterocycles. The highest BCUT2D eigenvalue weighted by atomic mass is 79.9. The lowest BCUT2D eigenvalue weighted by molar-refractivity contribution is -0.115. The van der Waals surface area contributed by atoms with Crippen LogP contribution in [0.3, 0.4) is 0 Å². The van der Waals surface area contributed by atoms with Crippen molar-refractivity contribution in [2.75, 3.05) is 11.9 Å². The summed E-state index contributed by atoms with van der Waals surface area (Å²) < 4.78 is 0. The standard InChI is InChI=1S/C12H16BrNO2/c1-9(13)12(16)14-11-6-2-4-10(8-11)5-3-7-15/h2,4,6,8-9,15H,3,5,7H2,1H3,(H,14,16). The molecule has 0 radical (unpaired) electrons. The summed E-state index contributed by atoms with van der Waals surface area (Å²) in [5.41, 5.74) is 1.92. The Morgan fingerprint density at radius 2 is 2.31 bits per heavy atom. The van der Waals surface area contributed by atoms with Gasteiger partial charge < -0.3 is 10.4 Å². The predicted octanol–water partition coefficient (Wildman–Crippen LogP) is 2.33. The van der Waals surface area contributed by atoms with Crippen molar-refractivity contribution in [1.29, 1.82) is 0 Å². The molecule has 0 saturated heterocycles.